The van der Waals surface area contributed by atoms with Crippen molar-refractivity contribution in [2.45, 2.75) is 19.9 Å². The Bertz CT molecular complexity index is 703. The number of nitrogens with two attached hydrogens (primary N) is 1. The first-order valence-electron chi connectivity index (χ1n) is 6.39. The Labute approximate surface area is 116 Å². The molecule has 100 valence electrons. The summed E-state index contributed by atoms with van der Waals surface area (Å²) < 4.78 is 0. The number of nitriles is 1. The van der Waals surface area contributed by atoms with Crippen LogP contribution >= 0.6 is 0 Å². The molecule has 3 heterocycles. The lowest BCUT2D eigenvalue weighted by atomic mass is 9.96. The summed E-state index contributed by atoms with van der Waals surface area (Å²) in [6.07, 6.45) is 5.88. The van der Waals surface area contributed by atoms with Crippen molar-refractivity contribution in [2.75, 3.05) is 17.2 Å². The molecule has 0 unspecified atom stereocenters. The molecule has 0 saturated carbocycles. The van der Waals surface area contributed by atoms with Gasteiger partial charge < -0.3 is 10.6 Å². The number of pyridine rings is 1. The fraction of sp³-hybridized carbons (Fsp3) is 0.286. The summed E-state index contributed by atoms with van der Waals surface area (Å²) >= 11 is 0. The Morgan fingerprint density at radius 2 is 2.20 bits per heavy atom. The zero-order valence-electron chi connectivity index (χ0n) is 11.2. The number of fused-ring (bicyclic) bond motifs is 1. The van der Waals surface area contributed by atoms with E-state index in [9.17, 15) is 5.26 Å². The summed E-state index contributed by atoms with van der Waals surface area (Å²) in [5, 5.41) is 9.25. The van der Waals surface area contributed by atoms with E-state index in [0.29, 0.717) is 17.9 Å². The van der Waals surface area contributed by atoms with E-state index in [1.807, 2.05) is 13.1 Å². The van der Waals surface area contributed by atoms with Crippen LogP contribution in [0.5, 0.6) is 0 Å². The zero-order valence-corrected chi connectivity index (χ0v) is 11.2. The maximum absolute atomic E-state index is 9.25. The van der Waals surface area contributed by atoms with Gasteiger partial charge in [0.25, 0.3) is 0 Å². The van der Waals surface area contributed by atoms with Gasteiger partial charge >= 0.3 is 0 Å². The zero-order chi connectivity index (χ0) is 14.1. The average molecular weight is 266 g/mol. The van der Waals surface area contributed by atoms with Crippen molar-refractivity contribution < 1.29 is 0 Å². The van der Waals surface area contributed by atoms with E-state index in [0.717, 1.165) is 35.6 Å². The molecule has 0 spiro atoms. The lowest BCUT2D eigenvalue weighted by Crippen LogP contribution is -2.32. The molecule has 2 aromatic rings. The van der Waals surface area contributed by atoms with Gasteiger partial charge in [0.05, 0.1) is 23.7 Å². The third-order valence-electron chi connectivity index (χ3n) is 3.53. The first-order chi connectivity index (χ1) is 9.69. The molecule has 0 atom stereocenters. The van der Waals surface area contributed by atoms with Crippen LogP contribution < -0.4 is 10.6 Å². The lowest BCUT2D eigenvalue weighted by molar-refractivity contribution is 0.712. The molecule has 0 saturated heterocycles. The molecule has 3 rings (SSSR count). The van der Waals surface area contributed by atoms with Gasteiger partial charge in [-0.2, -0.15) is 5.26 Å². The van der Waals surface area contributed by atoms with Gasteiger partial charge in [0, 0.05) is 19.3 Å². The molecule has 0 amide bonds. The van der Waals surface area contributed by atoms with Crippen LogP contribution in [0.15, 0.2) is 18.6 Å². The average Bonchev–Trinajstić information content (AvgIpc) is 2.47. The lowest BCUT2D eigenvalue weighted by Gasteiger charge is -2.30. The highest BCUT2D eigenvalue weighted by Crippen LogP contribution is 2.25. The fourth-order valence-electron chi connectivity index (χ4n) is 2.52. The first kappa shape index (κ1) is 12.4. The third-order valence-corrected chi connectivity index (χ3v) is 3.53. The molecule has 0 aromatic carbocycles. The van der Waals surface area contributed by atoms with Crippen molar-refractivity contribution in [1.29, 1.82) is 5.26 Å². The van der Waals surface area contributed by atoms with E-state index in [2.05, 4.69) is 25.9 Å². The molecule has 20 heavy (non-hydrogen) atoms. The predicted octanol–water partition coefficient (Wildman–Crippen LogP) is 1.20. The van der Waals surface area contributed by atoms with Crippen LogP contribution in [0.2, 0.25) is 0 Å². The van der Waals surface area contributed by atoms with Crippen LogP contribution in [0.25, 0.3) is 0 Å². The van der Waals surface area contributed by atoms with E-state index in [-0.39, 0.29) is 0 Å². The number of anilines is 2. The van der Waals surface area contributed by atoms with Gasteiger partial charge in [0.1, 0.15) is 17.7 Å². The smallest absolute Gasteiger partial charge is 0.149 e. The van der Waals surface area contributed by atoms with Gasteiger partial charge in [0.2, 0.25) is 0 Å². The number of rotatable bonds is 1. The summed E-state index contributed by atoms with van der Waals surface area (Å²) in [4.78, 5) is 14.8. The second-order valence-electron chi connectivity index (χ2n) is 4.81. The Kier molecular flexibility index (Phi) is 2.95. The second kappa shape index (κ2) is 4.78. The number of aromatic nitrogens is 3. The monoisotopic (exact) mass is 266 g/mol. The molecular weight excluding hydrogens is 252 g/mol. The first-order valence-corrected chi connectivity index (χ1v) is 6.39. The number of hydrogen-bond acceptors (Lipinski definition) is 6. The molecule has 2 aromatic heterocycles. The standard InChI is InChI=1S/C14H14N6/c1-9-12(4-15)11-2-3-20(8-10(11)5-18-9)14-7-17-6-13(16)19-14/h5-7H,2-3,8H2,1H3,(H2,16,19). The van der Waals surface area contributed by atoms with Crippen LogP contribution in [-0.2, 0) is 13.0 Å². The van der Waals surface area contributed by atoms with Crippen molar-refractivity contribution >= 4 is 11.6 Å². The molecule has 2 N–H and O–H groups in total. The predicted molar refractivity (Wildman–Crippen MR) is 74.9 cm³/mol. The highest BCUT2D eigenvalue weighted by Gasteiger charge is 2.21. The minimum Gasteiger partial charge on any atom is -0.382 e. The Morgan fingerprint density at radius 3 is 2.95 bits per heavy atom. The number of nitrogen functional groups attached to an aromatic ring is 1. The van der Waals surface area contributed by atoms with Crippen LogP contribution in [0.3, 0.4) is 0 Å². The summed E-state index contributed by atoms with van der Waals surface area (Å²) in [7, 11) is 0. The Morgan fingerprint density at radius 1 is 1.35 bits per heavy atom. The van der Waals surface area contributed by atoms with Gasteiger partial charge in [-0.3, -0.25) is 9.97 Å². The molecule has 0 aliphatic carbocycles. The summed E-state index contributed by atoms with van der Waals surface area (Å²) in [5.74, 6) is 1.17. The van der Waals surface area contributed by atoms with Gasteiger partial charge in [-0.1, -0.05) is 0 Å². The maximum Gasteiger partial charge on any atom is 0.149 e. The van der Waals surface area contributed by atoms with Crippen molar-refractivity contribution in [2.24, 2.45) is 0 Å². The highest BCUT2D eigenvalue weighted by molar-refractivity contribution is 5.50. The van der Waals surface area contributed by atoms with Crippen LogP contribution in [0, 0.1) is 18.3 Å². The molecule has 0 fully saturated rings. The normalized spacial score (nSPS) is 13.7. The van der Waals surface area contributed by atoms with Crippen molar-refractivity contribution in [3.05, 3.63) is 41.0 Å². The van der Waals surface area contributed by atoms with Crippen LogP contribution in [0.4, 0.5) is 11.6 Å². The molecule has 0 bridgehead atoms. The Hall–Kier alpha value is -2.68. The number of nitrogens with zero attached hydrogens (tertiary/aromatic N) is 5. The fourth-order valence-corrected chi connectivity index (χ4v) is 2.52. The quantitative estimate of drug-likeness (QED) is 0.833. The molecule has 6 nitrogen and oxygen atoms in total. The molecule has 1 aliphatic rings. The summed E-state index contributed by atoms with van der Waals surface area (Å²) in [6, 6.07) is 2.26. The van der Waals surface area contributed by atoms with E-state index >= 15 is 0 Å². The summed E-state index contributed by atoms with van der Waals surface area (Å²) in [6.45, 7) is 3.34. The summed E-state index contributed by atoms with van der Waals surface area (Å²) in [5.41, 5.74) is 9.35. The van der Waals surface area contributed by atoms with Gasteiger partial charge in [0.15, 0.2) is 0 Å². The van der Waals surface area contributed by atoms with E-state index in [1.165, 1.54) is 6.20 Å². The highest BCUT2D eigenvalue weighted by atomic mass is 15.2. The molecule has 0 radical (unpaired) electrons. The number of aryl methyl sites for hydroxylation is 1. The maximum atomic E-state index is 9.25. The van der Waals surface area contributed by atoms with Crippen LogP contribution in [0.1, 0.15) is 22.4 Å². The minimum absolute atomic E-state index is 0.410. The van der Waals surface area contributed by atoms with Gasteiger partial charge in [-0.05, 0) is 24.5 Å². The van der Waals surface area contributed by atoms with Crippen molar-refractivity contribution in [3.8, 4) is 6.07 Å². The van der Waals surface area contributed by atoms with E-state index in [1.54, 1.807) is 6.20 Å². The van der Waals surface area contributed by atoms with Crippen LogP contribution in [-0.4, -0.2) is 21.5 Å². The SMILES string of the molecule is Cc1ncc2c(c1C#N)CCN(c1cncc(N)n1)C2. The molecule has 1 aliphatic heterocycles. The van der Waals surface area contributed by atoms with Crippen molar-refractivity contribution in [3.63, 3.8) is 0 Å². The van der Waals surface area contributed by atoms with Crippen molar-refractivity contribution in [1.82, 2.24) is 15.0 Å². The van der Waals surface area contributed by atoms with Gasteiger partial charge in [-0.25, -0.2) is 4.98 Å². The second-order valence-corrected chi connectivity index (χ2v) is 4.81. The molecule has 6 heteroatoms. The molecular formula is C14H14N6. The van der Waals surface area contributed by atoms with E-state index in [4.69, 9.17) is 5.73 Å². The Balaban J connectivity index is 1.96. The van der Waals surface area contributed by atoms with E-state index < -0.39 is 0 Å². The van der Waals surface area contributed by atoms with Gasteiger partial charge in [-0.15, -0.1) is 0 Å². The number of hydrogen-bond donors (Lipinski definition) is 1. The minimum atomic E-state index is 0.410. The topological polar surface area (TPSA) is 91.7 Å². The third kappa shape index (κ3) is 2.03. The largest absolute Gasteiger partial charge is 0.382 e.